The third-order valence-corrected chi connectivity index (χ3v) is 8.38. The maximum atomic E-state index is 6.76. The average Bonchev–Trinajstić information content (AvgIpc) is 2.75. The van der Waals surface area contributed by atoms with E-state index in [2.05, 4.69) is 49.4 Å². The zero-order valence-electron chi connectivity index (χ0n) is 16.0. The molecule has 0 aromatic heterocycles. The first-order valence-corrected chi connectivity index (χ1v) is 11.8. The van der Waals surface area contributed by atoms with Gasteiger partial charge in [-0.05, 0) is 35.0 Å². The minimum Gasteiger partial charge on any atom is -0.509 e. The Hall–Kier alpha value is -3.04. The molecule has 0 unspecified atom stereocenters. The average molecular weight is 385 g/mol. The summed E-state index contributed by atoms with van der Waals surface area (Å²) in [4.78, 5) is 0. The lowest BCUT2D eigenvalue weighted by molar-refractivity contribution is 0.397. The van der Waals surface area contributed by atoms with Crippen LogP contribution in [0.4, 0.5) is 0 Å². The maximum Gasteiger partial charge on any atom is 0.496 e. The van der Waals surface area contributed by atoms with Gasteiger partial charge in [0.05, 0.1) is 0 Å². The predicted octanol–water partition coefficient (Wildman–Crippen LogP) is 6.06. The second-order valence-electron chi connectivity index (χ2n) is 6.86. The van der Waals surface area contributed by atoms with Crippen molar-refractivity contribution in [2.45, 2.75) is 19.4 Å². The summed E-state index contributed by atoms with van der Waals surface area (Å²) >= 11 is 0. The summed E-state index contributed by atoms with van der Waals surface area (Å²) < 4.78 is 13.5. The molecule has 4 rings (SSSR count). The quantitative estimate of drug-likeness (QED) is 0.361. The molecule has 0 radical (unpaired) electrons. The Kier molecular flexibility index (Phi) is 5.45. The largest absolute Gasteiger partial charge is 0.509 e. The summed E-state index contributed by atoms with van der Waals surface area (Å²) in [6.07, 6.45) is 0.981. The molecule has 4 aromatic carbocycles. The highest BCUT2D eigenvalue weighted by atomic mass is 28.4. The summed E-state index contributed by atoms with van der Waals surface area (Å²) in [5, 5.41) is 3.60. The van der Waals surface area contributed by atoms with Crippen molar-refractivity contribution in [1.29, 1.82) is 0 Å². The molecule has 0 atom stereocenters. The van der Waals surface area contributed by atoms with Gasteiger partial charge in [-0.3, -0.25) is 0 Å². The zero-order chi connectivity index (χ0) is 19.2. The van der Waals surface area contributed by atoms with Gasteiger partial charge >= 0.3 is 8.56 Å². The van der Waals surface area contributed by atoms with Gasteiger partial charge in [-0.2, -0.15) is 0 Å². The molecule has 2 nitrogen and oxygen atoms in total. The van der Waals surface area contributed by atoms with Gasteiger partial charge in [0.2, 0.25) is 0 Å². The molecule has 0 amide bonds. The van der Waals surface area contributed by atoms with E-state index in [0.717, 1.165) is 24.0 Å². The Morgan fingerprint density at radius 3 is 1.75 bits per heavy atom. The van der Waals surface area contributed by atoms with Gasteiger partial charge in [-0.25, -0.2) is 0 Å². The molecule has 0 saturated carbocycles. The lowest BCUT2D eigenvalue weighted by Gasteiger charge is -2.32. The van der Waals surface area contributed by atoms with Crippen molar-refractivity contribution in [2.24, 2.45) is 0 Å². The summed E-state index contributed by atoms with van der Waals surface area (Å²) in [5.41, 5.74) is 0. The van der Waals surface area contributed by atoms with Crippen LogP contribution < -0.4 is 14.0 Å². The van der Waals surface area contributed by atoms with Gasteiger partial charge in [0, 0.05) is 11.2 Å². The summed E-state index contributed by atoms with van der Waals surface area (Å²) in [7, 11) is -2.82. The second kappa shape index (κ2) is 8.32. The molecule has 0 bridgehead atoms. The molecule has 3 heteroatoms. The van der Waals surface area contributed by atoms with Gasteiger partial charge in [0.15, 0.2) is 0 Å². The molecule has 0 N–H and O–H groups in total. The van der Waals surface area contributed by atoms with Gasteiger partial charge in [0.25, 0.3) is 0 Å². The van der Waals surface area contributed by atoms with E-state index < -0.39 is 8.56 Å². The van der Waals surface area contributed by atoms with Crippen molar-refractivity contribution in [2.75, 3.05) is 0 Å². The van der Waals surface area contributed by atoms with Crippen LogP contribution in [0, 0.1) is 0 Å². The van der Waals surface area contributed by atoms with E-state index >= 15 is 0 Å². The van der Waals surface area contributed by atoms with Crippen LogP contribution in [0.3, 0.4) is 0 Å². The molecule has 0 spiro atoms. The van der Waals surface area contributed by atoms with E-state index in [1.165, 1.54) is 16.0 Å². The molecule has 4 aromatic rings. The third kappa shape index (κ3) is 3.80. The van der Waals surface area contributed by atoms with Crippen molar-refractivity contribution < 1.29 is 8.85 Å². The van der Waals surface area contributed by atoms with Gasteiger partial charge in [-0.1, -0.05) is 92.2 Å². The Labute approximate surface area is 167 Å². The highest BCUT2D eigenvalue weighted by Crippen LogP contribution is 2.27. The third-order valence-electron chi connectivity index (χ3n) is 4.83. The van der Waals surface area contributed by atoms with E-state index in [-0.39, 0.29) is 0 Å². The van der Waals surface area contributed by atoms with Crippen LogP contribution in [-0.4, -0.2) is 8.56 Å². The topological polar surface area (TPSA) is 18.5 Å². The van der Waals surface area contributed by atoms with Crippen molar-refractivity contribution in [3.8, 4) is 11.5 Å². The van der Waals surface area contributed by atoms with Crippen LogP contribution in [0.2, 0.25) is 6.04 Å². The van der Waals surface area contributed by atoms with Gasteiger partial charge in [0.1, 0.15) is 11.5 Å². The Balaban J connectivity index is 1.90. The molecule has 0 saturated heterocycles. The van der Waals surface area contributed by atoms with E-state index in [4.69, 9.17) is 8.85 Å². The maximum absolute atomic E-state index is 6.76. The summed E-state index contributed by atoms with van der Waals surface area (Å²) in [5.74, 6) is 1.71. The number of rotatable bonds is 7. The van der Waals surface area contributed by atoms with Crippen LogP contribution in [-0.2, 0) is 0 Å². The van der Waals surface area contributed by atoms with Crippen molar-refractivity contribution in [3.05, 3.63) is 103 Å². The first kappa shape index (κ1) is 18.3. The lowest BCUT2D eigenvalue weighted by atomic mass is 10.1. The summed E-state index contributed by atoms with van der Waals surface area (Å²) in [6, 6.07) is 35.9. The van der Waals surface area contributed by atoms with Crippen LogP contribution in [0.25, 0.3) is 10.8 Å². The molecule has 140 valence electrons. The zero-order valence-corrected chi connectivity index (χ0v) is 17.0. The first-order valence-electron chi connectivity index (χ1n) is 9.77. The molecular weight excluding hydrogens is 360 g/mol. The van der Waals surface area contributed by atoms with Crippen molar-refractivity contribution in [1.82, 2.24) is 0 Å². The molecule has 28 heavy (non-hydrogen) atoms. The highest BCUT2D eigenvalue weighted by Gasteiger charge is 2.45. The lowest BCUT2D eigenvalue weighted by Crippen LogP contribution is -2.59. The second-order valence-corrected chi connectivity index (χ2v) is 9.81. The van der Waals surface area contributed by atoms with Crippen molar-refractivity contribution in [3.63, 3.8) is 0 Å². The smallest absolute Gasteiger partial charge is 0.496 e. The van der Waals surface area contributed by atoms with E-state index in [1.807, 2.05) is 60.7 Å². The number of para-hydroxylation sites is 2. The summed E-state index contributed by atoms with van der Waals surface area (Å²) in [6.45, 7) is 2.19. The fraction of sp³-hybridized carbons (Fsp3) is 0.120. The molecule has 0 fully saturated rings. The minimum atomic E-state index is -2.82. The SMILES string of the molecule is CCC[Si](Oc1ccccc1)(Oc1ccccc1)c1cccc2ccccc12. The van der Waals surface area contributed by atoms with E-state index in [1.54, 1.807) is 0 Å². The fourth-order valence-electron chi connectivity index (χ4n) is 3.61. The Bertz CT molecular complexity index is 985. The number of hydrogen-bond donors (Lipinski definition) is 0. The monoisotopic (exact) mass is 384 g/mol. The van der Waals surface area contributed by atoms with E-state index in [0.29, 0.717) is 0 Å². The van der Waals surface area contributed by atoms with Gasteiger partial charge in [-0.15, -0.1) is 0 Å². The van der Waals surface area contributed by atoms with Crippen molar-refractivity contribution >= 4 is 24.5 Å². The highest BCUT2D eigenvalue weighted by molar-refractivity contribution is 6.84. The molecule has 0 heterocycles. The van der Waals surface area contributed by atoms with Crippen LogP contribution in [0.5, 0.6) is 11.5 Å². The standard InChI is InChI=1S/C25H24O2Si/c1-2-20-28(26-22-14-5-3-6-15-22,27-23-16-7-4-8-17-23)25-19-11-13-21-12-9-10-18-24(21)25/h3-19H,2,20H2,1H3. The molecule has 0 aliphatic carbocycles. The predicted molar refractivity (Wildman–Crippen MR) is 119 cm³/mol. The molecular formula is C25H24O2Si. The molecule has 0 aliphatic rings. The van der Waals surface area contributed by atoms with Gasteiger partial charge < -0.3 is 8.85 Å². The van der Waals surface area contributed by atoms with Crippen LogP contribution in [0.1, 0.15) is 13.3 Å². The van der Waals surface area contributed by atoms with E-state index in [9.17, 15) is 0 Å². The number of benzene rings is 4. The number of hydrogen-bond acceptors (Lipinski definition) is 2. The fourth-order valence-corrected chi connectivity index (χ4v) is 7.03. The first-order chi connectivity index (χ1) is 13.8. The molecule has 0 aliphatic heterocycles. The number of fused-ring (bicyclic) bond motifs is 1. The van der Waals surface area contributed by atoms with Crippen LogP contribution in [0.15, 0.2) is 103 Å². The Morgan fingerprint density at radius 2 is 1.14 bits per heavy atom. The van der Waals surface area contributed by atoms with Crippen LogP contribution >= 0.6 is 0 Å². The normalized spacial score (nSPS) is 11.3. The minimum absolute atomic E-state index is 0.853. The Morgan fingerprint density at radius 1 is 0.607 bits per heavy atom.